The predicted molar refractivity (Wildman–Crippen MR) is 104 cm³/mol. The molecule has 1 N–H and O–H groups in total. The number of carbonyl (C=O) groups excluding carboxylic acids is 3. The summed E-state index contributed by atoms with van der Waals surface area (Å²) in [5.74, 6) is -0.652. The molecule has 0 spiro atoms. The molecular weight excluding hydrogens is 348 g/mol. The Labute approximate surface area is 156 Å². The van der Waals surface area contributed by atoms with Gasteiger partial charge in [-0.15, -0.1) is 0 Å². The summed E-state index contributed by atoms with van der Waals surface area (Å²) in [6.07, 6.45) is 0. The summed E-state index contributed by atoms with van der Waals surface area (Å²) < 4.78 is -1.26. The fourth-order valence-electron chi connectivity index (χ4n) is 2.89. The van der Waals surface area contributed by atoms with Crippen LogP contribution in [0, 0.1) is 0 Å². The first-order valence-electron chi connectivity index (χ1n) is 8.39. The van der Waals surface area contributed by atoms with Crippen LogP contribution in [0.15, 0.2) is 53.4 Å². The first kappa shape index (κ1) is 18.2. The van der Waals surface area contributed by atoms with Crippen LogP contribution in [0.4, 0.5) is 11.4 Å². The van der Waals surface area contributed by atoms with Gasteiger partial charge in [-0.3, -0.25) is 14.4 Å². The van der Waals surface area contributed by atoms with E-state index < -0.39 is 4.75 Å². The molecule has 0 bridgehead atoms. The molecular formula is C20H20N2O3S. The Balaban J connectivity index is 1.88. The predicted octanol–water partition coefficient (Wildman–Crippen LogP) is 3.75. The molecule has 0 aromatic heterocycles. The maximum atomic E-state index is 13.0. The molecule has 1 aliphatic rings. The number of rotatable bonds is 4. The zero-order chi connectivity index (χ0) is 18.9. The Bertz CT molecular complexity index is 879. The number of nitrogens with zero attached hydrogens (tertiary/aromatic N) is 1. The Morgan fingerprint density at radius 2 is 1.77 bits per heavy atom. The molecule has 1 heterocycles. The number of hydrogen-bond acceptors (Lipinski definition) is 4. The first-order valence-corrected chi connectivity index (χ1v) is 9.21. The summed E-state index contributed by atoms with van der Waals surface area (Å²) in [6, 6.07) is 14.2. The average Bonchev–Trinajstić information content (AvgIpc) is 2.63. The van der Waals surface area contributed by atoms with Gasteiger partial charge in [0, 0.05) is 22.7 Å². The van der Waals surface area contributed by atoms with Crippen molar-refractivity contribution in [3.8, 4) is 0 Å². The van der Waals surface area contributed by atoms with Crippen molar-refractivity contribution >= 4 is 40.7 Å². The second-order valence-electron chi connectivity index (χ2n) is 6.24. The maximum Gasteiger partial charge on any atom is 0.252 e. The largest absolute Gasteiger partial charge is 0.324 e. The van der Waals surface area contributed by atoms with Crippen molar-refractivity contribution < 1.29 is 14.4 Å². The van der Waals surface area contributed by atoms with Gasteiger partial charge in [0.2, 0.25) is 5.91 Å². The molecule has 2 aromatic rings. The van der Waals surface area contributed by atoms with Crippen LogP contribution in [0.1, 0.15) is 31.1 Å². The molecule has 3 rings (SSSR count). The van der Waals surface area contributed by atoms with Gasteiger partial charge in [0.25, 0.3) is 5.91 Å². The van der Waals surface area contributed by atoms with Crippen molar-refractivity contribution in [2.75, 3.05) is 16.8 Å². The Hall–Kier alpha value is -2.60. The molecule has 0 saturated heterocycles. The number of carbonyl (C=O) groups is 3. The van der Waals surface area contributed by atoms with E-state index in [0.717, 1.165) is 10.6 Å². The topological polar surface area (TPSA) is 66.5 Å². The molecule has 1 aliphatic heterocycles. The highest BCUT2D eigenvalue weighted by Gasteiger charge is 2.48. The number of amides is 2. The first-order chi connectivity index (χ1) is 12.4. The molecule has 1 unspecified atom stereocenters. The van der Waals surface area contributed by atoms with Crippen molar-refractivity contribution in [2.45, 2.75) is 30.4 Å². The van der Waals surface area contributed by atoms with Gasteiger partial charge in [0.1, 0.15) is 0 Å². The third-order valence-electron chi connectivity index (χ3n) is 4.42. The Morgan fingerprint density at radius 1 is 1.12 bits per heavy atom. The lowest BCUT2D eigenvalue weighted by Crippen LogP contribution is -2.54. The van der Waals surface area contributed by atoms with Crippen LogP contribution < -0.4 is 10.2 Å². The molecule has 2 amide bonds. The number of thioether (sulfide) groups is 1. The Morgan fingerprint density at radius 3 is 2.38 bits per heavy atom. The van der Waals surface area contributed by atoms with Crippen molar-refractivity contribution in [3.05, 3.63) is 54.1 Å². The van der Waals surface area contributed by atoms with Crippen LogP contribution in [0.3, 0.4) is 0 Å². The van der Waals surface area contributed by atoms with Crippen molar-refractivity contribution in [3.63, 3.8) is 0 Å². The van der Waals surface area contributed by atoms with Crippen molar-refractivity contribution in [1.82, 2.24) is 0 Å². The zero-order valence-electron chi connectivity index (χ0n) is 14.9. The van der Waals surface area contributed by atoms with Crippen LogP contribution in [0.5, 0.6) is 0 Å². The monoisotopic (exact) mass is 368 g/mol. The molecule has 5 nitrogen and oxygen atoms in total. The quantitative estimate of drug-likeness (QED) is 0.659. The van der Waals surface area contributed by atoms with Gasteiger partial charge < -0.3 is 10.2 Å². The zero-order valence-corrected chi connectivity index (χ0v) is 15.7. The number of ketones is 1. The average molecular weight is 368 g/mol. The molecule has 0 saturated carbocycles. The van der Waals surface area contributed by atoms with E-state index in [2.05, 4.69) is 5.32 Å². The summed E-state index contributed by atoms with van der Waals surface area (Å²) in [5, 5.41) is 2.81. The molecule has 2 aromatic carbocycles. The van der Waals surface area contributed by atoms with E-state index in [1.807, 2.05) is 31.2 Å². The van der Waals surface area contributed by atoms with Gasteiger partial charge in [0.15, 0.2) is 10.5 Å². The minimum absolute atomic E-state index is 0.0388. The molecule has 0 radical (unpaired) electrons. The van der Waals surface area contributed by atoms with Gasteiger partial charge in [-0.25, -0.2) is 0 Å². The van der Waals surface area contributed by atoms with Crippen LogP contribution >= 0.6 is 11.8 Å². The van der Waals surface area contributed by atoms with Crippen molar-refractivity contribution in [1.29, 1.82) is 0 Å². The smallest absolute Gasteiger partial charge is 0.252 e. The third kappa shape index (κ3) is 3.12. The van der Waals surface area contributed by atoms with Crippen LogP contribution in [0.2, 0.25) is 0 Å². The number of anilines is 2. The third-order valence-corrected chi connectivity index (χ3v) is 5.76. The lowest BCUT2D eigenvalue weighted by atomic mass is 10.1. The molecule has 26 heavy (non-hydrogen) atoms. The van der Waals surface area contributed by atoms with E-state index in [1.165, 1.54) is 18.7 Å². The van der Waals surface area contributed by atoms with Crippen molar-refractivity contribution in [2.24, 2.45) is 0 Å². The van der Waals surface area contributed by atoms with Gasteiger partial charge >= 0.3 is 0 Å². The van der Waals surface area contributed by atoms with E-state index in [4.69, 9.17) is 0 Å². The molecule has 0 fully saturated rings. The fourth-order valence-corrected chi connectivity index (χ4v) is 4.10. The van der Waals surface area contributed by atoms with E-state index in [-0.39, 0.29) is 17.6 Å². The van der Waals surface area contributed by atoms with Crippen LogP contribution in [-0.2, 0) is 9.59 Å². The second-order valence-corrected chi connectivity index (χ2v) is 7.70. The van der Waals surface area contributed by atoms with Gasteiger partial charge in [-0.2, -0.15) is 0 Å². The number of fused-ring (bicyclic) bond motifs is 1. The van der Waals surface area contributed by atoms with E-state index >= 15 is 0 Å². The summed E-state index contributed by atoms with van der Waals surface area (Å²) in [4.78, 5) is 39.9. The van der Waals surface area contributed by atoms with Gasteiger partial charge in [-0.1, -0.05) is 23.9 Å². The summed E-state index contributed by atoms with van der Waals surface area (Å²) >= 11 is 1.26. The minimum Gasteiger partial charge on any atom is -0.324 e. The van der Waals surface area contributed by atoms with E-state index in [1.54, 1.807) is 36.1 Å². The normalized spacial score (nSPS) is 19.0. The fraction of sp³-hybridized carbons (Fsp3) is 0.250. The summed E-state index contributed by atoms with van der Waals surface area (Å²) in [7, 11) is 0. The summed E-state index contributed by atoms with van der Waals surface area (Å²) in [5.41, 5.74) is 1.96. The Kier molecular flexibility index (Phi) is 4.87. The number of hydrogen-bond donors (Lipinski definition) is 1. The highest BCUT2D eigenvalue weighted by atomic mass is 32.2. The SMILES string of the molecule is CCN1C(=O)C(C)(C(=O)Nc2ccc(C(C)=O)cc2)Sc2ccccc21. The number of nitrogens with one attached hydrogen (secondary N) is 1. The van der Waals surface area contributed by atoms with Crippen LogP contribution in [-0.4, -0.2) is 28.9 Å². The van der Waals surface area contributed by atoms with Gasteiger partial charge in [-0.05, 0) is 57.2 Å². The maximum absolute atomic E-state index is 13.0. The number of benzene rings is 2. The number of Topliss-reactive ketones (excluding diaryl/α,β-unsaturated/α-hetero) is 1. The van der Waals surface area contributed by atoms with E-state index in [9.17, 15) is 14.4 Å². The second kappa shape index (κ2) is 6.96. The molecule has 6 heteroatoms. The lowest BCUT2D eigenvalue weighted by Gasteiger charge is -2.38. The molecule has 0 aliphatic carbocycles. The minimum atomic E-state index is -1.26. The highest BCUT2D eigenvalue weighted by molar-refractivity contribution is 8.02. The summed E-state index contributed by atoms with van der Waals surface area (Å²) in [6.45, 7) is 5.52. The van der Waals surface area contributed by atoms with Gasteiger partial charge in [0.05, 0.1) is 5.69 Å². The van der Waals surface area contributed by atoms with E-state index in [0.29, 0.717) is 17.8 Å². The number of para-hydroxylation sites is 1. The van der Waals surface area contributed by atoms with Crippen LogP contribution in [0.25, 0.3) is 0 Å². The molecule has 134 valence electrons. The molecule has 1 atom stereocenters. The highest BCUT2D eigenvalue weighted by Crippen LogP contribution is 2.45. The standard InChI is InChI=1S/C20H20N2O3S/c1-4-22-16-7-5-6-8-17(16)26-20(3,19(22)25)18(24)21-15-11-9-14(10-12-15)13(2)23/h5-12H,4H2,1-3H3,(H,21,24). The lowest BCUT2D eigenvalue weighted by molar-refractivity contribution is -0.128.